The normalized spacial score (nSPS) is 22.5. The third kappa shape index (κ3) is 4.48. The Morgan fingerprint density at radius 3 is 2.54 bits per heavy atom. The minimum absolute atomic E-state index is 0.331. The molecule has 39 heavy (non-hydrogen) atoms. The summed E-state index contributed by atoms with van der Waals surface area (Å²) in [6, 6.07) is 12.4. The van der Waals surface area contributed by atoms with Gasteiger partial charge in [0.25, 0.3) is 6.01 Å². The molecule has 0 spiro atoms. The third-order valence-electron chi connectivity index (χ3n) is 8.29. The summed E-state index contributed by atoms with van der Waals surface area (Å²) in [5.74, 6) is 0.979. The highest BCUT2D eigenvalue weighted by Gasteiger charge is 2.43. The molecular weight excluding hydrogens is 539 g/mol. The van der Waals surface area contributed by atoms with Crippen molar-refractivity contribution in [3.63, 3.8) is 0 Å². The topological polar surface area (TPSA) is 93.6 Å². The van der Waals surface area contributed by atoms with E-state index in [1.807, 2.05) is 24.3 Å². The zero-order valence-corrected chi connectivity index (χ0v) is 23.0. The van der Waals surface area contributed by atoms with Crippen molar-refractivity contribution < 1.29 is 18.5 Å². The van der Waals surface area contributed by atoms with Crippen LogP contribution in [0.15, 0.2) is 45.3 Å². The summed E-state index contributed by atoms with van der Waals surface area (Å²) >= 11 is 13.1. The van der Waals surface area contributed by atoms with Crippen LogP contribution in [0.1, 0.15) is 66.1 Å². The second-order valence-corrected chi connectivity index (χ2v) is 11.6. The molecule has 0 amide bonds. The van der Waals surface area contributed by atoms with Gasteiger partial charge in [-0.3, -0.25) is 0 Å². The molecule has 7 rings (SSSR count). The molecule has 3 fully saturated rings. The highest BCUT2D eigenvalue weighted by molar-refractivity contribution is 6.39. The number of methoxy groups -OCH3 is 1. The number of carbonyl (C=O) groups is 1. The second kappa shape index (κ2) is 9.84. The molecule has 1 aliphatic carbocycles. The van der Waals surface area contributed by atoms with E-state index in [0.29, 0.717) is 57.8 Å². The average molecular weight is 567 g/mol. The number of ether oxygens (including phenoxy) is 1. The number of carbonyl (C=O) groups excluding carboxylic acids is 1. The SMILES string of the molecule is COC(=O)c1ccc2nc(N3C4CCC3CC(NCc3c(-c5c(Cl)cccc5Cl)noc3C3CC3)C4)oc2c1. The molecule has 2 unspecified atom stereocenters. The number of esters is 1. The summed E-state index contributed by atoms with van der Waals surface area (Å²) in [4.78, 5) is 19.0. The number of fused-ring (bicyclic) bond motifs is 3. The van der Waals surface area contributed by atoms with Gasteiger partial charge in [0.2, 0.25) is 0 Å². The minimum atomic E-state index is -0.389. The van der Waals surface area contributed by atoms with Crippen LogP contribution in [0, 0.1) is 0 Å². The van der Waals surface area contributed by atoms with Gasteiger partial charge in [0.1, 0.15) is 17.0 Å². The third-order valence-corrected chi connectivity index (χ3v) is 8.92. The van der Waals surface area contributed by atoms with E-state index in [1.54, 1.807) is 12.1 Å². The number of rotatable bonds is 7. The molecule has 2 aromatic heterocycles. The minimum Gasteiger partial charge on any atom is -0.465 e. The Hall–Kier alpha value is -3.07. The molecule has 2 atom stereocenters. The van der Waals surface area contributed by atoms with Crippen molar-refractivity contribution in [3.05, 3.63) is 63.3 Å². The number of anilines is 1. The van der Waals surface area contributed by atoms with E-state index < -0.39 is 0 Å². The molecule has 2 bridgehead atoms. The van der Waals surface area contributed by atoms with Crippen LogP contribution >= 0.6 is 23.2 Å². The smallest absolute Gasteiger partial charge is 0.337 e. The first kappa shape index (κ1) is 24.9. The maximum atomic E-state index is 11.9. The quantitative estimate of drug-likeness (QED) is 0.246. The van der Waals surface area contributed by atoms with E-state index >= 15 is 0 Å². The van der Waals surface area contributed by atoms with Crippen molar-refractivity contribution >= 4 is 46.3 Å². The van der Waals surface area contributed by atoms with Gasteiger partial charge in [-0.2, -0.15) is 4.98 Å². The van der Waals surface area contributed by atoms with Crippen LogP contribution in [0.2, 0.25) is 10.0 Å². The van der Waals surface area contributed by atoms with Crippen molar-refractivity contribution in [1.82, 2.24) is 15.5 Å². The number of halogens is 2. The molecule has 1 N–H and O–H groups in total. The maximum absolute atomic E-state index is 11.9. The Balaban J connectivity index is 1.09. The number of hydrogen-bond acceptors (Lipinski definition) is 8. The Kier molecular flexibility index (Phi) is 6.29. The zero-order valence-electron chi connectivity index (χ0n) is 21.5. The Morgan fingerprint density at radius 1 is 1.10 bits per heavy atom. The van der Waals surface area contributed by atoms with E-state index in [2.05, 4.69) is 15.4 Å². The van der Waals surface area contributed by atoms with E-state index in [1.165, 1.54) is 7.11 Å². The lowest BCUT2D eigenvalue weighted by molar-refractivity contribution is 0.0600. The first-order valence-corrected chi connectivity index (χ1v) is 14.2. The Bertz CT molecular complexity index is 1530. The molecule has 202 valence electrons. The van der Waals surface area contributed by atoms with Crippen molar-refractivity contribution in [2.45, 2.75) is 69.1 Å². The monoisotopic (exact) mass is 566 g/mol. The standard InChI is InChI=1S/C29H28Cl2N4O4/c1-37-28(36)16-7-10-23-24(11-16)38-29(33-23)35-18-8-9-19(35)13-17(12-18)32-14-20-26(34-39-27(20)15-5-6-15)25-21(30)3-2-4-22(25)31/h2-4,7,10-11,15,17-19,32H,5-6,8-9,12-14H2,1H3. The lowest BCUT2D eigenvalue weighted by Gasteiger charge is -2.38. The Morgan fingerprint density at radius 2 is 1.85 bits per heavy atom. The maximum Gasteiger partial charge on any atom is 0.337 e. The number of nitrogens with one attached hydrogen (secondary N) is 1. The van der Waals surface area contributed by atoms with Gasteiger partial charge < -0.3 is 23.9 Å². The molecule has 4 aromatic rings. The van der Waals surface area contributed by atoms with Gasteiger partial charge in [0, 0.05) is 41.7 Å². The summed E-state index contributed by atoms with van der Waals surface area (Å²) in [5, 5.41) is 9.38. The van der Waals surface area contributed by atoms with Crippen LogP contribution in [0.3, 0.4) is 0 Å². The van der Waals surface area contributed by atoms with Gasteiger partial charge in [0.05, 0.1) is 22.7 Å². The van der Waals surface area contributed by atoms with Crippen LogP contribution in [-0.4, -0.2) is 41.3 Å². The van der Waals surface area contributed by atoms with E-state index in [4.69, 9.17) is 41.9 Å². The predicted molar refractivity (Wildman–Crippen MR) is 148 cm³/mol. The van der Waals surface area contributed by atoms with E-state index in [9.17, 15) is 4.79 Å². The predicted octanol–water partition coefficient (Wildman–Crippen LogP) is 6.74. The fourth-order valence-electron chi connectivity index (χ4n) is 6.25. The van der Waals surface area contributed by atoms with Crippen LogP contribution in [0.25, 0.3) is 22.4 Å². The molecule has 3 aliphatic rings. The van der Waals surface area contributed by atoms with Crippen LogP contribution in [0.4, 0.5) is 6.01 Å². The molecule has 10 heteroatoms. The Labute approximate surface area is 235 Å². The number of benzene rings is 2. The number of nitrogens with zero attached hydrogens (tertiary/aromatic N) is 3. The average Bonchev–Trinajstić information content (AvgIpc) is 3.46. The highest BCUT2D eigenvalue weighted by Crippen LogP contribution is 2.46. The molecular formula is C29H28Cl2N4O4. The largest absolute Gasteiger partial charge is 0.465 e. The van der Waals surface area contributed by atoms with Crippen molar-refractivity contribution in [2.24, 2.45) is 0 Å². The van der Waals surface area contributed by atoms with Gasteiger partial charge in [-0.15, -0.1) is 0 Å². The van der Waals surface area contributed by atoms with Gasteiger partial charge in [-0.1, -0.05) is 34.4 Å². The molecule has 2 saturated heterocycles. The fraction of sp³-hybridized carbons (Fsp3) is 0.414. The van der Waals surface area contributed by atoms with Gasteiger partial charge in [0.15, 0.2) is 5.58 Å². The highest BCUT2D eigenvalue weighted by atomic mass is 35.5. The lowest BCUT2D eigenvalue weighted by atomic mass is 9.97. The summed E-state index contributed by atoms with van der Waals surface area (Å²) in [6.45, 7) is 0.648. The molecule has 8 nitrogen and oxygen atoms in total. The summed E-state index contributed by atoms with van der Waals surface area (Å²) in [5.41, 5.74) is 4.31. The van der Waals surface area contributed by atoms with Gasteiger partial charge in [-0.05, 0) is 68.9 Å². The number of piperidine rings is 1. The van der Waals surface area contributed by atoms with E-state index in [0.717, 1.165) is 66.6 Å². The van der Waals surface area contributed by atoms with Crippen molar-refractivity contribution in [3.8, 4) is 11.3 Å². The van der Waals surface area contributed by atoms with Crippen molar-refractivity contribution in [2.75, 3.05) is 12.0 Å². The summed E-state index contributed by atoms with van der Waals surface area (Å²) < 4.78 is 16.8. The molecule has 2 aliphatic heterocycles. The number of hydrogen-bond donors (Lipinski definition) is 1. The van der Waals surface area contributed by atoms with Crippen LogP contribution in [0.5, 0.6) is 0 Å². The lowest BCUT2D eigenvalue weighted by Crippen LogP contribution is -2.49. The zero-order chi connectivity index (χ0) is 26.7. The van der Waals surface area contributed by atoms with Crippen molar-refractivity contribution in [1.29, 1.82) is 0 Å². The fourth-order valence-corrected chi connectivity index (χ4v) is 6.83. The number of oxazole rings is 1. The summed E-state index contributed by atoms with van der Waals surface area (Å²) in [7, 11) is 1.37. The van der Waals surface area contributed by atoms with E-state index in [-0.39, 0.29) is 5.97 Å². The first-order chi connectivity index (χ1) is 19.0. The molecule has 0 radical (unpaired) electrons. The first-order valence-electron chi connectivity index (χ1n) is 13.4. The van der Waals surface area contributed by atoms with Gasteiger partial charge >= 0.3 is 5.97 Å². The van der Waals surface area contributed by atoms with Crippen LogP contribution < -0.4 is 10.2 Å². The van der Waals surface area contributed by atoms with Crippen LogP contribution in [-0.2, 0) is 11.3 Å². The molecule has 2 aromatic carbocycles. The second-order valence-electron chi connectivity index (χ2n) is 10.8. The number of aromatic nitrogens is 2. The molecule has 1 saturated carbocycles. The summed E-state index contributed by atoms with van der Waals surface area (Å²) in [6.07, 6.45) is 6.38. The molecule has 4 heterocycles. The van der Waals surface area contributed by atoms with Gasteiger partial charge in [-0.25, -0.2) is 4.79 Å².